The molecule has 13 nitrogen and oxygen atoms in total. The van der Waals surface area contributed by atoms with Crippen LogP contribution in [0.3, 0.4) is 0 Å². The first-order valence-corrected chi connectivity index (χ1v) is 12.1. The Hall–Kier alpha value is -4.85. The van der Waals surface area contributed by atoms with E-state index in [4.69, 9.17) is 19.6 Å². The molecule has 1 aromatic heterocycles. The number of hydrogen-bond donors (Lipinski definition) is 3. The van der Waals surface area contributed by atoms with Crippen LogP contribution in [-0.4, -0.2) is 38.5 Å². The molecule has 37 heavy (non-hydrogen) atoms. The van der Waals surface area contributed by atoms with Crippen molar-refractivity contribution in [3.8, 4) is 11.5 Å². The van der Waals surface area contributed by atoms with Crippen molar-refractivity contribution in [3.63, 3.8) is 0 Å². The number of rotatable bonds is 9. The van der Waals surface area contributed by atoms with Crippen molar-refractivity contribution in [2.24, 2.45) is 0 Å². The zero-order valence-corrected chi connectivity index (χ0v) is 20.4. The number of nitro benzene ring substituents is 1. The molecule has 0 atom stereocenters. The monoisotopic (exact) mass is 527 g/mol. The van der Waals surface area contributed by atoms with Crippen molar-refractivity contribution in [2.45, 2.75) is 11.4 Å². The number of carbonyl (C=O) groups excluding carboxylic acids is 1. The molecule has 0 saturated carbocycles. The summed E-state index contributed by atoms with van der Waals surface area (Å²) >= 11 is 0. The number of methoxy groups -OCH3 is 2. The molecule has 0 radical (unpaired) electrons. The summed E-state index contributed by atoms with van der Waals surface area (Å²) in [4.78, 5) is 27.0. The average Bonchev–Trinajstić information content (AvgIpc) is 3.25. The Kier molecular flexibility index (Phi) is 6.84. The van der Waals surface area contributed by atoms with Crippen LogP contribution in [0.5, 0.6) is 11.5 Å². The van der Waals surface area contributed by atoms with Crippen LogP contribution >= 0.6 is 0 Å². The standard InChI is InChI=1S/C23H21N5O8S/c1-34-18-8-5-15(28(30)31)11-17(18)27-37(32,33)21-10-14(4-7-20(21)35-2)22(29)25-12-13-3-6-19-16(9-13)26-23(24)36-19/h3-11,27H,12H2,1-2H3,(H2,24,26)(H,25,29). The summed E-state index contributed by atoms with van der Waals surface area (Å²) in [6, 6.07) is 12.5. The van der Waals surface area contributed by atoms with Crippen LogP contribution in [0, 0.1) is 10.1 Å². The molecule has 0 aliphatic heterocycles. The molecule has 1 heterocycles. The molecule has 0 saturated heterocycles. The highest BCUT2D eigenvalue weighted by Crippen LogP contribution is 2.33. The van der Waals surface area contributed by atoms with Crippen molar-refractivity contribution in [3.05, 3.63) is 75.8 Å². The number of nitrogen functional groups attached to an aromatic ring is 1. The minimum atomic E-state index is -4.36. The van der Waals surface area contributed by atoms with Crippen LogP contribution in [0.25, 0.3) is 11.1 Å². The average molecular weight is 528 g/mol. The quantitative estimate of drug-likeness (QED) is 0.215. The van der Waals surface area contributed by atoms with Crippen LogP contribution in [0.2, 0.25) is 0 Å². The molecule has 14 heteroatoms. The highest BCUT2D eigenvalue weighted by molar-refractivity contribution is 7.92. The molecule has 0 unspecified atom stereocenters. The molecule has 0 spiro atoms. The summed E-state index contributed by atoms with van der Waals surface area (Å²) < 4.78 is 44.3. The molecular formula is C23H21N5O8S. The molecule has 1 amide bonds. The number of nitrogens with two attached hydrogens (primary N) is 1. The van der Waals surface area contributed by atoms with Crippen molar-refractivity contribution in [1.82, 2.24) is 10.3 Å². The Labute approximate surface area is 210 Å². The maximum absolute atomic E-state index is 13.2. The third kappa shape index (κ3) is 5.38. The number of fused-ring (bicyclic) bond motifs is 1. The topological polar surface area (TPSA) is 189 Å². The number of carbonyl (C=O) groups is 1. The van der Waals surface area contributed by atoms with Gasteiger partial charge in [0.05, 0.1) is 24.8 Å². The number of nitro groups is 1. The first kappa shape index (κ1) is 25.2. The molecule has 0 bridgehead atoms. The number of anilines is 2. The minimum Gasteiger partial charge on any atom is -0.495 e. The highest BCUT2D eigenvalue weighted by Gasteiger charge is 2.24. The van der Waals surface area contributed by atoms with Crippen LogP contribution < -0.4 is 25.2 Å². The second kappa shape index (κ2) is 10.0. The van der Waals surface area contributed by atoms with Gasteiger partial charge in [-0.2, -0.15) is 4.98 Å². The fraction of sp³-hybridized carbons (Fsp3) is 0.130. The number of aromatic nitrogens is 1. The van der Waals surface area contributed by atoms with E-state index in [1.807, 2.05) is 0 Å². The van der Waals surface area contributed by atoms with E-state index >= 15 is 0 Å². The van der Waals surface area contributed by atoms with E-state index in [1.165, 1.54) is 38.5 Å². The second-order valence-electron chi connectivity index (χ2n) is 7.65. The fourth-order valence-corrected chi connectivity index (χ4v) is 4.76. The number of benzene rings is 3. The van der Waals surface area contributed by atoms with E-state index < -0.39 is 20.9 Å². The van der Waals surface area contributed by atoms with Crippen molar-refractivity contribution in [1.29, 1.82) is 0 Å². The molecule has 192 valence electrons. The lowest BCUT2D eigenvalue weighted by molar-refractivity contribution is -0.384. The van der Waals surface area contributed by atoms with E-state index in [0.29, 0.717) is 11.1 Å². The minimum absolute atomic E-state index is 0.0273. The Morgan fingerprint density at radius 3 is 2.51 bits per heavy atom. The van der Waals surface area contributed by atoms with Crippen molar-refractivity contribution >= 4 is 44.4 Å². The molecule has 3 aromatic carbocycles. The van der Waals surface area contributed by atoms with Crippen molar-refractivity contribution in [2.75, 3.05) is 24.7 Å². The lowest BCUT2D eigenvalue weighted by atomic mass is 10.1. The molecule has 0 aliphatic carbocycles. The number of nitrogens with zero attached hydrogens (tertiary/aromatic N) is 2. The largest absolute Gasteiger partial charge is 0.495 e. The number of ether oxygens (including phenoxy) is 2. The predicted molar refractivity (Wildman–Crippen MR) is 133 cm³/mol. The van der Waals surface area contributed by atoms with Gasteiger partial charge in [0.25, 0.3) is 27.6 Å². The third-order valence-corrected chi connectivity index (χ3v) is 6.66. The third-order valence-electron chi connectivity index (χ3n) is 5.28. The normalized spacial score (nSPS) is 11.2. The second-order valence-corrected chi connectivity index (χ2v) is 9.30. The molecule has 4 aromatic rings. The lowest BCUT2D eigenvalue weighted by Crippen LogP contribution is -2.23. The van der Waals surface area contributed by atoms with Gasteiger partial charge in [-0.3, -0.25) is 19.6 Å². The van der Waals surface area contributed by atoms with Gasteiger partial charge in [0.15, 0.2) is 5.58 Å². The fourth-order valence-electron chi connectivity index (χ4n) is 3.50. The Bertz CT molecular complexity index is 1620. The van der Waals surface area contributed by atoms with Gasteiger partial charge in [-0.1, -0.05) is 6.07 Å². The SMILES string of the molecule is COc1ccc([N+](=O)[O-])cc1NS(=O)(=O)c1cc(C(=O)NCc2ccc3oc(N)nc3c2)ccc1OC. The Morgan fingerprint density at radius 1 is 1.08 bits per heavy atom. The molecule has 4 N–H and O–H groups in total. The lowest BCUT2D eigenvalue weighted by Gasteiger charge is -2.15. The van der Waals surface area contributed by atoms with Crippen LogP contribution in [0.15, 0.2) is 63.9 Å². The van der Waals surface area contributed by atoms with Crippen LogP contribution in [0.1, 0.15) is 15.9 Å². The molecule has 4 rings (SSSR count). The van der Waals surface area contributed by atoms with Gasteiger partial charge in [-0.05, 0) is 42.0 Å². The van der Waals surface area contributed by atoms with E-state index in [9.17, 15) is 23.3 Å². The summed E-state index contributed by atoms with van der Waals surface area (Å²) in [7, 11) is -1.80. The number of amides is 1. The van der Waals surface area contributed by atoms with E-state index in [2.05, 4.69) is 15.0 Å². The highest BCUT2D eigenvalue weighted by atomic mass is 32.2. The van der Waals surface area contributed by atoms with Gasteiger partial charge in [0, 0.05) is 24.2 Å². The van der Waals surface area contributed by atoms with Crippen LogP contribution in [-0.2, 0) is 16.6 Å². The smallest absolute Gasteiger partial charge is 0.292 e. The summed E-state index contributed by atoms with van der Waals surface area (Å²) in [6.07, 6.45) is 0. The summed E-state index contributed by atoms with van der Waals surface area (Å²) in [5, 5.41) is 13.9. The first-order valence-electron chi connectivity index (χ1n) is 10.6. The first-order chi connectivity index (χ1) is 17.6. The van der Waals surface area contributed by atoms with E-state index in [0.717, 1.165) is 17.7 Å². The molecule has 0 aliphatic rings. The maximum Gasteiger partial charge on any atom is 0.292 e. The zero-order valence-electron chi connectivity index (χ0n) is 19.5. The molecule has 0 fully saturated rings. The summed E-state index contributed by atoms with van der Waals surface area (Å²) in [6.45, 7) is 0.124. The zero-order chi connectivity index (χ0) is 26.7. The number of sulfonamides is 1. The summed E-state index contributed by atoms with van der Waals surface area (Å²) in [5.41, 5.74) is 6.85. The summed E-state index contributed by atoms with van der Waals surface area (Å²) in [5.74, 6) is -0.526. The Morgan fingerprint density at radius 2 is 1.81 bits per heavy atom. The van der Waals surface area contributed by atoms with E-state index in [-0.39, 0.29) is 45.9 Å². The van der Waals surface area contributed by atoms with Gasteiger partial charge < -0.3 is 24.9 Å². The van der Waals surface area contributed by atoms with Gasteiger partial charge in [-0.15, -0.1) is 0 Å². The van der Waals surface area contributed by atoms with Gasteiger partial charge >= 0.3 is 0 Å². The predicted octanol–water partition coefficient (Wildman–Crippen LogP) is 3.07. The van der Waals surface area contributed by atoms with Crippen LogP contribution in [0.4, 0.5) is 17.4 Å². The van der Waals surface area contributed by atoms with Gasteiger partial charge in [0.2, 0.25) is 0 Å². The Balaban J connectivity index is 1.59. The van der Waals surface area contributed by atoms with Gasteiger partial charge in [-0.25, -0.2) is 8.42 Å². The maximum atomic E-state index is 13.2. The van der Waals surface area contributed by atoms with E-state index in [1.54, 1.807) is 18.2 Å². The number of nitrogens with one attached hydrogen (secondary N) is 2. The molecular weight excluding hydrogens is 506 g/mol. The number of non-ortho nitro benzene ring substituents is 1. The van der Waals surface area contributed by atoms with Crippen molar-refractivity contribution < 1.29 is 32.0 Å². The number of oxazole rings is 1. The number of hydrogen-bond acceptors (Lipinski definition) is 10. The van der Waals surface area contributed by atoms with Gasteiger partial charge in [0.1, 0.15) is 21.9 Å².